The summed E-state index contributed by atoms with van der Waals surface area (Å²) in [6, 6.07) is 0.0685. The lowest BCUT2D eigenvalue weighted by Crippen LogP contribution is -2.56. The van der Waals surface area contributed by atoms with Gasteiger partial charge in [-0.05, 0) is 58.8 Å². The largest absolute Gasteiger partial charge is 0.444 e. The van der Waals surface area contributed by atoms with Crippen LogP contribution in [-0.4, -0.2) is 84.0 Å². The minimum absolute atomic E-state index is 0.0351. The van der Waals surface area contributed by atoms with E-state index in [-0.39, 0.29) is 48.7 Å². The Kier molecular flexibility index (Phi) is 6.49. The van der Waals surface area contributed by atoms with Crippen LogP contribution in [0, 0.1) is 11.3 Å². The summed E-state index contributed by atoms with van der Waals surface area (Å²) in [7, 11) is 0. The molecule has 0 aromatic heterocycles. The molecule has 4 rings (SSSR count). The summed E-state index contributed by atoms with van der Waals surface area (Å²) in [4.78, 5) is 30.3. The Morgan fingerprint density at radius 3 is 2.44 bits per heavy atom. The Morgan fingerprint density at radius 1 is 1.16 bits per heavy atom. The molecule has 1 N–H and O–H groups in total. The summed E-state index contributed by atoms with van der Waals surface area (Å²) in [6.07, 6.45) is 2.70. The van der Waals surface area contributed by atoms with Crippen LogP contribution in [-0.2, 0) is 14.3 Å². The number of alkyl halides is 1. The van der Waals surface area contributed by atoms with Gasteiger partial charge in [-0.25, -0.2) is 9.18 Å². The van der Waals surface area contributed by atoms with E-state index in [9.17, 15) is 14.0 Å². The molecule has 3 saturated heterocycles. The number of likely N-dealkylation sites (tertiary alicyclic amines) is 2. The molecule has 3 heterocycles. The zero-order valence-corrected chi connectivity index (χ0v) is 20.2. The van der Waals surface area contributed by atoms with Crippen molar-refractivity contribution < 1.29 is 23.5 Å². The van der Waals surface area contributed by atoms with Gasteiger partial charge in [-0.3, -0.25) is 4.79 Å². The maximum absolute atomic E-state index is 14.3. The van der Waals surface area contributed by atoms with Gasteiger partial charge in [0.25, 0.3) is 0 Å². The van der Waals surface area contributed by atoms with E-state index in [1.54, 1.807) is 4.90 Å². The Hall–Kier alpha value is -1.41. The molecule has 8 heteroatoms. The van der Waals surface area contributed by atoms with E-state index >= 15 is 0 Å². The van der Waals surface area contributed by atoms with Gasteiger partial charge in [0.05, 0.1) is 24.1 Å². The van der Waals surface area contributed by atoms with Crippen LogP contribution >= 0.6 is 0 Å². The lowest BCUT2D eigenvalue weighted by atomic mass is 9.74. The van der Waals surface area contributed by atoms with Crippen molar-refractivity contribution in [1.29, 1.82) is 0 Å². The van der Waals surface area contributed by atoms with Crippen LogP contribution in [0.2, 0.25) is 0 Å². The quantitative estimate of drug-likeness (QED) is 0.708. The summed E-state index contributed by atoms with van der Waals surface area (Å²) in [6.45, 7) is 11.8. The van der Waals surface area contributed by atoms with Crippen molar-refractivity contribution in [2.75, 3.05) is 26.3 Å². The third kappa shape index (κ3) is 4.49. The first-order valence-corrected chi connectivity index (χ1v) is 12.3. The fourth-order valence-electron chi connectivity index (χ4n) is 6.12. The van der Waals surface area contributed by atoms with Crippen LogP contribution in [0.1, 0.15) is 66.7 Å². The van der Waals surface area contributed by atoms with Gasteiger partial charge < -0.3 is 24.6 Å². The summed E-state index contributed by atoms with van der Waals surface area (Å²) in [5, 5.41) is 3.51. The van der Waals surface area contributed by atoms with E-state index in [1.807, 2.05) is 25.7 Å². The molecule has 4 aliphatic rings. The third-order valence-electron chi connectivity index (χ3n) is 7.95. The highest BCUT2D eigenvalue weighted by Gasteiger charge is 2.55. The van der Waals surface area contributed by atoms with E-state index in [0.717, 1.165) is 25.7 Å². The minimum atomic E-state index is -0.985. The SMILES string of the molecule is CC(C)[C@]1(C(=O)N2C[C@H]3C[C@H]2CN3C(=O)OC(C)(C)C)CC[C@@H](NC2CCOCC2F)C1. The molecule has 7 nitrogen and oxygen atoms in total. The monoisotopic (exact) mass is 453 g/mol. The maximum Gasteiger partial charge on any atom is 0.410 e. The molecule has 1 aliphatic carbocycles. The standard InChI is InChI=1S/C24H40FN3O4/c1-15(2)24(8-6-16(11-24)26-20-7-9-31-14-19(20)25)21(29)27-12-18-10-17(27)13-28(18)22(30)32-23(3,4)5/h15-20,26H,6-14H2,1-5H3/t16-,17+,18-,19?,20?,24+/m1/s1. The number of rotatable bonds is 4. The van der Waals surface area contributed by atoms with Gasteiger partial charge in [0.2, 0.25) is 5.91 Å². The van der Waals surface area contributed by atoms with E-state index in [0.29, 0.717) is 26.1 Å². The first-order chi connectivity index (χ1) is 15.0. The highest BCUT2D eigenvalue weighted by molar-refractivity contribution is 5.85. The Balaban J connectivity index is 1.39. The molecule has 3 aliphatic heterocycles. The van der Waals surface area contributed by atoms with Crippen molar-refractivity contribution in [3.63, 3.8) is 0 Å². The summed E-state index contributed by atoms with van der Waals surface area (Å²) in [5.41, 5.74) is -0.944. The average Bonchev–Trinajstić information content (AvgIpc) is 3.42. The number of carbonyl (C=O) groups excluding carboxylic acids is 2. The van der Waals surface area contributed by atoms with Gasteiger partial charge in [-0.2, -0.15) is 0 Å². The van der Waals surface area contributed by atoms with E-state index < -0.39 is 17.2 Å². The maximum atomic E-state index is 14.3. The van der Waals surface area contributed by atoms with E-state index in [1.165, 1.54) is 0 Å². The predicted molar refractivity (Wildman–Crippen MR) is 119 cm³/mol. The number of halogens is 1. The second kappa shape index (κ2) is 8.75. The molecule has 32 heavy (non-hydrogen) atoms. The van der Waals surface area contributed by atoms with Crippen molar-refractivity contribution >= 4 is 12.0 Å². The molecule has 0 aromatic rings. The Labute approximate surface area is 191 Å². The lowest BCUT2D eigenvalue weighted by Gasteiger charge is -2.41. The molecule has 1 saturated carbocycles. The molecule has 6 atom stereocenters. The van der Waals surface area contributed by atoms with Crippen LogP contribution in [0.15, 0.2) is 0 Å². The van der Waals surface area contributed by atoms with Gasteiger partial charge >= 0.3 is 6.09 Å². The Bertz CT molecular complexity index is 727. The average molecular weight is 454 g/mol. The first-order valence-electron chi connectivity index (χ1n) is 12.3. The molecule has 0 spiro atoms. The smallest absolute Gasteiger partial charge is 0.410 e. The highest BCUT2D eigenvalue weighted by atomic mass is 19.1. The molecule has 4 fully saturated rings. The second-order valence-corrected chi connectivity index (χ2v) is 11.5. The van der Waals surface area contributed by atoms with Crippen molar-refractivity contribution in [2.45, 2.75) is 103 Å². The number of carbonyl (C=O) groups is 2. The molecular weight excluding hydrogens is 413 g/mol. The first kappa shape index (κ1) is 23.7. The zero-order valence-electron chi connectivity index (χ0n) is 20.2. The molecular formula is C24H40FN3O4. The highest BCUT2D eigenvalue weighted by Crippen LogP contribution is 2.48. The van der Waals surface area contributed by atoms with Crippen LogP contribution in [0.25, 0.3) is 0 Å². The molecule has 0 aromatic carbocycles. The van der Waals surface area contributed by atoms with Crippen molar-refractivity contribution in [2.24, 2.45) is 11.3 Å². The summed E-state index contributed by atoms with van der Waals surface area (Å²) in [5.74, 6) is 0.427. The van der Waals surface area contributed by atoms with Crippen molar-refractivity contribution in [3.8, 4) is 0 Å². The molecule has 182 valence electrons. The normalized spacial score (nSPS) is 37.4. The predicted octanol–water partition coefficient (Wildman–Crippen LogP) is 3.12. The van der Waals surface area contributed by atoms with Gasteiger partial charge in [-0.15, -0.1) is 0 Å². The lowest BCUT2D eigenvalue weighted by molar-refractivity contribution is -0.147. The van der Waals surface area contributed by atoms with E-state index in [4.69, 9.17) is 9.47 Å². The minimum Gasteiger partial charge on any atom is -0.444 e. The third-order valence-corrected chi connectivity index (χ3v) is 7.95. The van der Waals surface area contributed by atoms with Crippen molar-refractivity contribution in [1.82, 2.24) is 15.1 Å². The van der Waals surface area contributed by atoms with Gasteiger partial charge in [-0.1, -0.05) is 13.8 Å². The number of hydrogen-bond donors (Lipinski definition) is 1. The summed E-state index contributed by atoms with van der Waals surface area (Å²) < 4.78 is 25.0. The number of fused-ring (bicyclic) bond motifs is 2. The number of nitrogens with zero attached hydrogens (tertiary/aromatic N) is 2. The van der Waals surface area contributed by atoms with Crippen LogP contribution in [0.5, 0.6) is 0 Å². The van der Waals surface area contributed by atoms with Crippen LogP contribution in [0.3, 0.4) is 0 Å². The molecule has 0 radical (unpaired) electrons. The van der Waals surface area contributed by atoms with Crippen LogP contribution < -0.4 is 5.32 Å². The number of piperazine rings is 1. The van der Waals surface area contributed by atoms with Gasteiger partial charge in [0, 0.05) is 31.8 Å². The van der Waals surface area contributed by atoms with Crippen molar-refractivity contribution in [3.05, 3.63) is 0 Å². The molecule has 2 bridgehead atoms. The topological polar surface area (TPSA) is 71.1 Å². The fourth-order valence-corrected chi connectivity index (χ4v) is 6.12. The zero-order chi connectivity index (χ0) is 23.3. The molecule has 2 unspecified atom stereocenters. The van der Waals surface area contributed by atoms with Gasteiger partial charge in [0.15, 0.2) is 0 Å². The number of nitrogens with one attached hydrogen (secondary N) is 1. The summed E-state index contributed by atoms with van der Waals surface area (Å²) >= 11 is 0. The van der Waals surface area contributed by atoms with Gasteiger partial charge in [0.1, 0.15) is 11.8 Å². The Morgan fingerprint density at radius 2 is 1.84 bits per heavy atom. The number of hydrogen-bond acceptors (Lipinski definition) is 5. The number of ether oxygens (including phenoxy) is 2. The van der Waals surface area contributed by atoms with Crippen LogP contribution in [0.4, 0.5) is 9.18 Å². The van der Waals surface area contributed by atoms with E-state index in [2.05, 4.69) is 19.2 Å². The molecule has 2 amide bonds. The second-order valence-electron chi connectivity index (χ2n) is 11.5. The fraction of sp³-hybridized carbons (Fsp3) is 0.917. The number of amides is 2.